The van der Waals surface area contributed by atoms with Gasteiger partial charge in [-0.15, -0.1) is 0 Å². The number of benzene rings is 3. The van der Waals surface area contributed by atoms with Crippen LogP contribution < -0.4 is 15.5 Å². The van der Waals surface area contributed by atoms with Crippen molar-refractivity contribution in [3.05, 3.63) is 107 Å². The number of hydroxylamine groups is 1. The third-order valence-corrected chi connectivity index (χ3v) is 5.79. The van der Waals surface area contributed by atoms with Crippen molar-refractivity contribution in [2.75, 3.05) is 6.61 Å². The van der Waals surface area contributed by atoms with Gasteiger partial charge in [-0.1, -0.05) is 54.1 Å². The number of aromatic amines is 1. The first-order valence-corrected chi connectivity index (χ1v) is 11.4. The van der Waals surface area contributed by atoms with Crippen LogP contribution in [-0.2, 0) is 11.2 Å². The largest absolute Gasteiger partial charge is 0.491 e. The number of carbonyl (C=O) groups excluding carboxylic acids is 2. The summed E-state index contributed by atoms with van der Waals surface area (Å²) < 4.78 is 6.00. The lowest BCUT2D eigenvalue weighted by molar-refractivity contribution is -0.124. The van der Waals surface area contributed by atoms with Crippen molar-refractivity contribution in [3.63, 3.8) is 0 Å². The molecule has 0 spiro atoms. The summed E-state index contributed by atoms with van der Waals surface area (Å²) in [4.78, 5) is 27.4. The molecule has 1 aromatic heterocycles. The monoisotopic (exact) mass is 489 g/mol. The van der Waals surface area contributed by atoms with E-state index in [4.69, 9.17) is 21.5 Å². The molecule has 8 heteroatoms. The van der Waals surface area contributed by atoms with E-state index in [1.54, 1.807) is 60.1 Å². The topological polar surface area (TPSA) is 103 Å². The molecule has 4 aromatic rings. The van der Waals surface area contributed by atoms with Gasteiger partial charge in [-0.25, -0.2) is 5.48 Å². The molecule has 1 atom stereocenters. The number of ether oxygens (including phenoxy) is 1. The Balaban J connectivity index is 1.49. The maximum absolute atomic E-state index is 13.0. The lowest BCUT2D eigenvalue weighted by Gasteiger charge is -2.20. The van der Waals surface area contributed by atoms with Gasteiger partial charge in [0.2, 0.25) is 0 Å². The number of fused-ring (bicyclic) bond motifs is 1. The first-order chi connectivity index (χ1) is 17.0. The van der Waals surface area contributed by atoms with E-state index in [-0.39, 0.29) is 18.6 Å². The Kier molecular flexibility index (Phi) is 7.82. The molecule has 2 amide bonds. The van der Waals surface area contributed by atoms with Crippen molar-refractivity contribution in [1.29, 1.82) is 0 Å². The van der Waals surface area contributed by atoms with E-state index < -0.39 is 5.91 Å². The van der Waals surface area contributed by atoms with Crippen LogP contribution in [0.1, 0.15) is 21.5 Å². The van der Waals surface area contributed by atoms with Crippen LogP contribution in [0.2, 0.25) is 5.02 Å². The van der Waals surface area contributed by atoms with Crippen LogP contribution in [0.15, 0.2) is 85.1 Å². The molecular weight excluding hydrogens is 466 g/mol. The Labute approximate surface area is 207 Å². The third kappa shape index (κ3) is 6.29. The highest BCUT2D eigenvalue weighted by Gasteiger charge is 2.19. The van der Waals surface area contributed by atoms with E-state index in [1.165, 1.54) is 6.08 Å². The Morgan fingerprint density at radius 3 is 2.54 bits per heavy atom. The third-order valence-electron chi connectivity index (χ3n) is 5.46. The summed E-state index contributed by atoms with van der Waals surface area (Å²) in [6.45, 7) is 0.234. The van der Waals surface area contributed by atoms with E-state index >= 15 is 0 Å². The summed E-state index contributed by atoms with van der Waals surface area (Å²) in [6, 6.07) is 21.7. The van der Waals surface area contributed by atoms with Gasteiger partial charge >= 0.3 is 0 Å². The van der Waals surface area contributed by atoms with E-state index in [9.17, 15) is 9.59 Å². The molecule has 0 radical (unpaired) electrons. The number of hydrogen-bond acceptors (Lipinski definition) is 4. The summed E-state index contributed by atoms with van der Waals surface area (Å²) in [7, 11) is 0. The minimum Gasteiger partial charge on any atom is -0.491 e. The summed E-state index contributed by atoms with van der Waals surface area (Å²) in [5.41, 5.74) is 4.81. The first kappa shape index (κ1) is 24.1. The lowest BCUT2D eigenvalue weighted by atomic mass is 10.0. The fourth-order valence-corrected chi connectivity index (χ4v) is 3.93. The second-order valence-electron chi connectivity index (χ2n) is 7.90. The van der Waals surface area contributed by atoms with Crippen LogP contribution in [0, 0.1) is 0 Å². The fourth-order valence-electron chi connectivity index (χ4n) is 3.71. The Bertz CT molecular complexity index is 1350. The molecule has 0 bridgehead atoms. The van der Waals surface area contributed by atoms with Gasteiger partial charge in [-0.05, 0) is 54.0 Å². The number of nitrogens with one attached hydrogen (secondary N) is 3. The summed E-state index contributed by atoms with van der Waals surface area (Å²) in [6.07, 6.45) is 5.29. The van der Waals surface area contributed by atoms with Crippen molar-refractivity contribution in [3.8, 4) is 5.75 Å². The standard InChI is InChI=1S/C27H24ClN3O4/c28-24-7-3-1-6-23(24)27(33)30-20(15-19-16-29-25-8-4-2-5-22(19)25)17-35-21-12-9-18(10-13-21)11-14-26(32)31-34/h1-14,16,20,29,34H,15,17H2,(H,30,33)(H,31,32)/b14-11+/t20-/m0/s1. The average Bonchev–Trinajstić information content (AvgIpc) is 3.29. The molecule has 1 heterocycles. The zero-order valence-corrected chi connectivity index (χ0v) is 19.5. The number of halogens is 1. The molecule has 0 aliphatic rings. The number of carbonyl (C=O) groups is 2. The number of amides is 2. The van der Waals surface area contributed by atoms with Gasteiger partial charge < -0.3 is 15.0 Å². The van der Waals surface area contributed by atoms with Crippen molar-refractivity contribution in [1.82, 2.24) is 15.8 Å². The molecular formula is C27H24ClN3O4. The van der Waals surface area contributed by atoms with E-state index in [0.717, 1.165) is 22.0 Å². The molecule has 7 nitrogen and oxygen atoms in total. The molecule has 4 rings (SSSR count). The van der Waals surface area contributed by atoms with Gasteiger partial charge in [0.15, 0.2) is 0 Å². The number of H-pyrrole nitrogens is 1. The van der Waals surface area contributed by atoms with Crippen molar-refractivity contribution < 1.29 is 19.5 Å². The summed E-state index contributed by atoms with van der Waals surface area (Å²) >= 11 is 6.22. The highest BCUT2D eigenvalue weighted by Crippen LogP contribution is 2.21. The maximum atomic E-state index is 13.0. The Morgan fingerprint density at radius 1 is 1.03 bits per heavy atom. The number of para-hydroxylation sites is 1. The van der Waals surface area contributed by atoms with Gasteiger partial charge in [-0.3, -0.25) is 14.8 Å². The molecule has 0 fully saturated rings. The van der Waals surface area contributed by atoms with Gasteiger partial charge in [0.1, 0.15) is 12.4 Å². The van der Waals surface area contributed by atoms with Crippen LogP contribution in [-0.4, -0.2) is 34.7 Å². The molecule has 35 heavy (non-hydrogen) atoms. The summed E-state index contributed by atoms with van der Waals surface area (Å²) in [5, 5.41) is 13.1. The fraction of sp³-hybridized carbons (Fsp3) is 0.111. The number of rotatable bonds is 9. The molecule has 178 valence electrons. The number of hydrogen-bond donors (Lipinski definition) is 4. The van der Waals surface area contributed by atoms with Crippen LogP contribution >= 0.6 is 11.6 Å². The van der Waals surface area contributed by atoms with E-state index in [2.05, 4.69) is 10.3 Å². The Hall–Kier alpha value is -4.07. The first-order valence-electron chi connectivity index (χ1n) is 11.0. The second-order valence-corrected chi connectivity index (χ2v) is 8.31. The van der Waals surface area contributed by atoms with Crippen LogP contribution in [0.5, 0.6) is 5.75 Å². The normalized spacial score (nSPS) is 11.9. The molecule has 0 unspecified atom stereocenters. The molecule has 0 aliphatic carbocycles. The quantitative estimate of drug-likeness (QED) is 0.154. The smallest absolute Gasteiger partial charge is 0.267 e. The van der Waals surface area contributed by atoms with Crippen LogP contribution in [0.4, 0.5) is 0 Å². The predicted octanol–water partition coefficient (Wildman–Crippen LogP) is 4.76. The minimum absolute atomic E-state index is 0.234. The lowest BCUT2D eigenvalue weighted by Crippen LogP contribution is -2.40. The second kappa shape index (κ2) is 11.4. The molecule has 0 saturated carbocycles. The Morgan fingerprint density at radius 2 is 1.77 bits per heavy atom. The van der Waals surface area contributed by atoms with Crippen molar-refractivity contribution in [2.45, 2.75) is 12.5 Å². The van der Waals surface area contributed by atoms with Gasteiger partial charge in [0, 0.05) is 23.2 Å². The maximum Gasteiger partial charge on any atom is 0.267 e. The van der Waals surface area contributed by atoms with Crippen molar-refractivity contribution >= 4 is 40.4 Å². The molecule has 0 saturated heterocycles. The molecule has 3 aromatic carbocycles. The minimum atomic E-state index is -0.611. The zero-order chi connectivity index (χ0) is 24.6. The van der Waals surface area contributed by atoms with Gasteiger partial charge in [0.05, 0.1) is 16.6 Å². The highest BCUT2D eigenvalue weighted by molar-refractivity contribution is 6.33. The highest BCUT2D eigenvalue weighted by atomic mass is 35.5. The van der Waals surface area contributed by atoms with Crippen LogP contribution in [0.3, 0.4) is 0 Å². The summed E-state index contributed by atoms with van der Waals surface area (Å²) in [5.74, 6) is -0.268. The number of aromatic nitrogens is 1. The van der Waals surface area contributed by atoms with E-state index in [1.807, 2.05) is 30.5 Å². The molecule has 0 aliphatic heterocycles. The van der Waals surface area contributed by atoms with E-state index in [0.29, 0.717) is 22.8 Å². The average molecular weight is 490 g/mol. The van der Waals surface area contributed by atoms with Gasteiger partial charge in [-0.2, -0.15) is 0 Å². The molecule has 4 N–H and O–H groups in total. The SMILES string of the molecule is O=C(/C=C/c1ccc(OC[C@H](Cc2c[nH]c3ccccc23)NC(=O)c2ccccc2Cl)cc1)NO. The van der Waals surface area contributed by atoms with Crippen LogP contribution in [0.25, 0.3) is 17.0 Å². The van der Waals surface area contributed by atoms with Gasteiger partial charge in [0.25, 0.3) is 11.8 Å². The van der Waals surface area contributed by atoms with Crippen molar-refractivity contribution in [2.24, 2.45) is 0 Å². The zero-order valence-electron chi connectivity index (χ0n) is 18.7. The predicted molar refractivity (Wildman–Crippen MR) is 136 cm³/mol.